The van der Waals surface area contributed by atoms with Gasteiger partial charge in [-0.05, 0) is 54.2 Å². The van der Waals surface area contributed by atoms with E-state index in [1.807, 2.05) is 24.3 Å². The molecule has 3 N–H and O–H groups in total. The van der Waals surface area contributed by atoms with Gasteiger partial charge in [-0.15, -0.1) is 0 Å². The Morgan fingerprint density at radius 1 is 0.917 bits per heavy atom. The molecule has 2 aromatic carbocycles. The van der Waals surface area contributed by atoms with Crippen LogP contribution >= 0.6 is 12.2 Å². The standard InChI is InChI=1S/C17H19N3O3S/c1-22-14-7-3-12(4-8-14)11-18-17(24)20-19-16(21)13-5-9-15(23-2)10-6-13/h3-10H,11H2,1-2H3,(H,19,21)(H2,18,20,24). The van der Waals surface area contributed by atoms with Crippen LogP contribution in [-0.4, -0.2) is 25.2 Å². The highest BCUT2D eigenvalue weighted by molar-refractivity contribution is 7.80. The van der Waals surface area contributed by atoms with Gasteiger partial charge in [0.15, 0.2) is 5.11 Å². The molecule has 7 heteroatoms. The number of carbonyl (C=O) groups excluding carboxylic acids is 1. The zero-order valence-corrected chi connectivity index (χ0v) is 14.3. The van der Waals surface area contributed by atoms with Crippen molar-refractivity contribution in [3.63, 3.8) is 0 Å². The molecule has 0 aliphatic heterocycles. The highest BCUT2D eigenvalue weighted by atomic mass is 32.1. The molecule has 0 radical (unpaired) electrons. The molecule has 2 aromatic rings. The van der Waals surface area contributed by atoms with Crippen LogP contribution in [0.2, 0.25) is 0 Å². The Kier molecular flexibility index (Phi) is 6.39. The molecule has 0 bridgehead atoms. The van der Waals surface area contributed by atoms with Crippen molar-refractivity contribution in [3.8, 4) is 11.5 Å². The summed E-state index contributed by atoms with van der Waals surface area (Å²) in [4.78, 5) is 12.0. The number of nitrogens with one attached hydrogen (secondary N) is 3. The first-order chi connectivity index (χ1) is 11.6. The average Bonchev–Trinajstić information content (AvgIpc) is 2.64. The van der Waals surface area contributed by atoms with Crippen molar-refractivity contribution in [2.45, 2.75) is 6.54 Å². The van der Waals surface area contributed by atoms with Crippen LogP contribution in [0.1, 0.15) is 15.9 Å². The number of methoxy groups -OCH3 is 2. The average molecular weight is 345 g/mol. The van der Waals surface area contributed by atoms with E-state index < -0.39 is 0 Å². The van der Waals surface area contributed by atoms with Crippen LogP contribution in [0.25, 0.3) is 0 Å². The molecule has 126 valence electrons. The molecular weight excluding hydrogens is 326 g/mol. The smallest absolute Gasteiger partial charge is 0.269 e. The van der Waals surface area contributed by atoms with E-state index in [0.29, 0.717) is 23.0 Å². The van der Waals surface area contributed by atoms with Gasteiger partial charge in [-0.25, -0.2) is 0 Å². The van der Waals surface area contributed by atoms with E-state index in [1.165, 1.54) is 0 Å². The van der Waals surface area contributed by atoms with Gasteiger partial charge in [0.05, 0.1) is 14.2 Å². The van der Waals surface area contributed by atoms with Crippen molar-refractivity contribution in [2.75, 3.05) is 14.2 Å². The fourth-order valence-electron chi connectivity index (χ4n) is 1.90. The lowest BCUT2D eigenvalue weighted by atomic mass is 10.2. The number of ether oxygens (including phenoxy) is 2. The number of benzene rings is 2. The number of thiocarbonyl (C=S) groups is 1. The van der Waals surface area contributed by atoms with Crippen molar-refractivity contribution in [1.82, 2.24) is 16.2 Å². The summed E-state index contributed by atoms with van der Waals surface area (Å²) in [5.74, 6) is 1.20. The molecule has 0 fully saturated rings. The van der Waals surface area contributed by atoms with E-state index in [2.05, 4.69) is 16.2 Å². The molecule has 1 amide bonds. The van der Waals surface area contributed by atoms with Crippen molar-refractivity contribution < 1.29 is 14.3 Å². The summed E-state index contributed by atoms with van der Waals surface area (Å²) < 4.78 is 10.2. The first-order valence-corrected chi connectivity index (χ1v) is 7.64. The summed E-state index contributed by atoms with van der Waals surface area (Å²) in [7, 11) is 3.20. The van der Waals surface area contributed by atoms with E-state index >= 15 is 0 Å². The monoisotopic (exact) mass is 345 g/mol. The second-order valence-electron chi connectivity index (χ2n) is 4.84. The van der Waals surface area contributed by atoms with Crippen LogP contribution in [0, 0.1) is 0 Å². The second-order valence-corrected chi connectivity index (χ2v) is 5.25. The normalized spacial score (nSPS) is 9.75. The number of rotatable bonds is 5. The maximum absolute atomic E-state index is 12.0. The predicted molar refractivity (Wildman–Crippen MR) is 96.0 cm³/mol. The lowest BCUT2D eigenvalue weighted by Gasteiger charge is -2.12. The van der Waals surface area contributed by atoms with Crippen LogP contribution < -0.4 is 25.6 Å². The molecule has 0 saturated heterocycles. The number of hydrogen-bond donors (Lipinski definition) is 3. The molecule has 0 unspecified atom stereocenters. The minimum absolute atomic E-state index is 0.286. The molecule has 0 aliphatic rings. The third-order valence-electron chi connectivity index (χ3n) is 3.25. The largest absolute Gasteiger partial charge is 0.497 e. The topological polar surface area (TPSA) is 71.6 Å². The highest BCUT2D eigenvalue weighted by Crippen LogP contribution is 2.11. The predicted octanol–water partition coefficient (Wildman–Crippen LogP) is 2.01. The highest BCUT2D eigenvalue weighted by Gasteiger charge is 2.05. The van der Waals surface area contributed by atoms with Crippen LogP contribution in [0.15, 0.2) is 48.5 Å². The maximum atomic E-state index is 12.0. The lowest BCUT2D eigenvalue weighted by Crippen LogP contribution is -2.46. The molecule has 0 spiro atoms. The zero-order valence-electron chi connectivity index (χ0n) is 13.5. The minimum atomic E-state index is -0.286. The van der Waals surface area contributed by atoms with Gasteiger partial charge < -0.3 is 14.8 Å². The molecule has 0 heterocycles. The Morgan fingerprint density at radius 3 is 2.00 bits per heavy atom. The minimum Gasteiger partial charge on any atom is -0.497 e. The van der Waals surface area contributed by atoms with Gasteiger partial charge in [0, 0.05) is 12.1 Å². The van der Waals surface area contributed by atoms with Crippen molar-refractivity contribution in [1.29, 1.82) is 0 Å². The molecule has 2 rings (SSSR count). The van der Waals surface area contributed by atoms with Gasteiger partial charge in [0.2, 0.25) is 0 Å². The summed E-state index contributed by atoms with van der Waals surface area (Å²) in [5.41, 5.74) is 6.75. The summed E-state index contributed by atoms with van der Waals surface area (Å²) in [6.45, 7) is 0.536. The van der Waals surface area contributed by atoms with E-state index in [9.17, 15) is 4.79 Å². The second kappa shape index (κ2) is 8.73. The van der Waals surface area contributed by atoms with Gasteiger partial charge in [-0.2, -0.15) is 0 Å². The molecular formula is C17H19N3O3S. The quantitative estimate of drug-likeness (QED) is 0.569. The molecule has 24 heavy (non-hydrogen) atoms. The third kappa shape index (κ3) is 5.13. The Hall–Kier alpha value is -2.80. The number of amides is 1. The van der Waals surface area contributed by atoms with E-state index in [0.717, 1.165) is 11.3 Å². The molecule has 0 aromatic heterocycles. The summed E-state index contributed by atoms with van der Waals surface area (Å²) in [6.07, 6.45) is 0. The van der Waals surface area contributed by atoms with Crippen molar-refractivity contribution in [3.05, 3.63) is 59.7 Å². The number of hydrogen-bond acceptors (Lipinski definition) is 4. The van der Waals surface area contributed by atoms with Gasteiger partial charge in [-0.3, -0.25) is 15.6 Å². The lowest BCUT2D eigenvalue weighted by molar-refractivity contribution is 0.0943. The molecule has 6 nitrogen and oxygen atoms in total. The van der Waals surface area contributed by atoms with Gasteiger partial charge in [-0.1, -0.05) is 12.1 Å². The van der Waals surface area contributed by atoms with Crippen LogP contribution in [0.4, 0.5) is 0 Å². The van der Waals surface area contributed by atoms with Gasteiger partial charge >= 0.3 is 0 Å². The molecule has 0 saturated carbocycles. The van der Waals surface area contributed by atoms with E-state index in [-0.39, 0.29) is 5.91 Å². The third-order valence-corrected chi connectivity index (χ3v) is 3.50. The maximum Gasteiger partial charge on any atom is 0.269 e. The Morgan fingerprint density at radius 2 is 1.46 bits per heavy atom. The summed E-state index contributed by atoms with van der Waals surface area (Å²) >= 11 is 5.13. The van der Waals surface area contributed by atoms with Crippen LogP contribution in [0.5, 0.6) is 11.5 Å². The Balaban J connectivity index is 1.76. The Labute approximate surface area is 146 Å². The number of carbonyl (C=O) groups is 1. The van der Waals surface area contributed by atoms with E-state index in [4.69, 9.17) is 21.7 Å². The fraction of sp³-hybridized carbons (Fsp3) is 0.176. The van der Waals surface area contributed by atoms with Gasteiger partial charge in [0.25, 0.3) is 5.91 Å². The number of hydrazine groups is 1. The van der Waals surface area contributed by atoms with Crippen LogP contribution in [0.3, 0.4) is 0 Å². The van der Waals surface area contributed by atoms with Crippen molar-refractivity contribution >= 4 is 23.2 Å². The summed E-state index contributed by atoms with van der Waals surface area (Å²) in [5, 5.41) is 3.33. The Bertz CT molecular complexity index is 687. The SMILES string of the molecule is COc1ccc(CNC(=S)NNC(=O)c2ccc(OC)cc2)cc1. The first kappa shape index (κ1) is 17.6. The fourth-order valence-corrected chi connectivity index (χ4v) is 2.02. The first-order valence-electron chi connectivity index (χ1n) is 7.23. The summed E-state index contributed by atoms with van der Waals surface area (Å²) in [6, 6.07) is 14.4. The van der Waals surface area contributed by atoms with Gasteiger partial charge in [0.1, 0.15) is 11.5 Å². The van der Waals surface area contributed by atoms with Crippen LogP contribution in [-0.2, 0) is 6.54 Å². The van der Waals surface area contributed by atoms with Crippen molar-refractivity contribution in [2.24, 2.45) is 0 Å². The van der Waals surface area contributed by atoms with E-state index in [1.54, 1.807) is 38.5 Å². The zero-order chi connectivity index (χ0) is 17.4. The molecule has 0 aliphatic carbocycles. The molecule has 0 atom stereocenters.